The number of carboxylic acids is 1. The fourth-order valence-corrected chi connectivity index (χ4v) is 3.67. The van der Waals surface area contributed by atoms with Gasteiger partial charge in [0.2, 0.25) is 0 Å². The van der Waals surface area contributed by atoms with Gasteiger partial charge in [0, 0.05) is 9.50 Å². The Hall–Kier alpha value is -0.540. The van der Waals surface area contributed by atoms with Gasteiger partial charge in [-0.05, 0) is 42.9 Å². The van der Waals surface area contributed by atoms with Crippen LogP contribution < -0.4 is 0 Å². The maximum absolute atomic E-state index is 11.4. The fraction of sp³-hybridized carbons (Fsp3) is 0.533. The fourth-order valence-electron chi connectivity index (χ4n) is 2.92. The Morgan fingerprint density at radius 1 is 1.32 bits per heavy atom. The van der Waals surface area contributed by atoms with E-state index in [4.69, 9.17) is 11.6 Å². The maximum Gasteiger partial charge on any atom is 0.306 e. The minimum absolute atomic E-state index is 0.207. The first-order valence-corrected chi connectivity index (χ1v) is 7.91. The summed E-state index contributed by atoms with van der Waals surface area (Å²) in [5.41, 5.74) is 1.06. The lowest BCUT2D eigenvalue weighted by Crippen LogP contribution is -2.24. The normalized spacial score (nSPS) is 23.9. The highest BCUT2D eigenvalue weighted by Crippen LogP contribution is 2.33. The first kappa shape index (κ1) is 14.9. The summed E-state index contributed by atoms with van der Waals surface area (Å²) >= 11 is 9.63. The molecule has 2 rings (SSSR count). The van der Waals surface area contributed by atoms with Crippen LogP contribution in [0, 0.1) is 11.8 Å². The molecule has 2 atom stereocenters. The van der Waals surface area contributed by atoms with Gasteiger partial charge >= 0.3 is 5.97 Å². The molecule has 1 aromatic carbocycles. The highest BCUT2D eigenvalue weighted by Gasteiger charge is 2.29. The summed E-state index contributed by atoms with van der Waals surface area (Å²) in [6.45, 7) is 0. The average Bonchev–Trinajstić information content (AvgIpc) is 2.58. The van der Waals surface area contributed by atoms with Gasteiger partial charge in [-0.1, -0.05) is 52.9 Å². The van der Waals surface area contributed by atoms with Gasteiger partial charge in [0.1, 0.15) is 0 Å². The standard InChI is InChI=1S/C15H18BrClO2/c16-12-7-6-11(14(17)9-12)8-10-4-2-1-3-5-13(10)15(18)19/h6-7,9-10,13H,1-5,8H2,(H,18,19). The van der Waals surface area contributed by atoms with Gasteiger partial charge in [-0.15, -0.1) is 0 Å². The molecule has 1 fully saturated rings. The van der Waals surface area contributed by atoms with E-state index in [2.05, 4.69) is 15.9 Å². The largest absolute Gasteiger partial charge is 0.481 e. The van der Waals surface area contributed by atoms with Crippen molar-refractivity contribution in [1.29, 1.82) is 0 Å². The van der Waals surface area contributed by atoms with Crippen LogP contribution in [0.15, 0.2) is 22.7 Å². The second-order valence-corrected chi connectivity index (χ2v) is 6.61. The highest BCUT2D eigenvalue weighted by atomic mass is 79.9. The second kappa shape index (κ2) is 6.76. The van der Waals surface area contributed by atoms with Crippen LogP contribution in [-0.4, -0.2) is 11.1 Å². The summed E-state index contributed by atoms with van der Waals surface area (Å²) < 4.78 is 0.955. The molecule has 0 bridgehead atoms. The van der Waals surface area contributed by atoms with E-state index < -0.39 is 5.97 Å². The van der Waals surface area contributed by atoms with Crippen LogP contribution in [0.3, 0.4) is 0 Å². The van der Waals surface area contributed by atoms with Gasteiger partial charge in [0.05, 0.1) is 5.92 Å². The minimum Gasteiger partial charge on any atom is -0.481 e. The summed E-state index contributed by atoms with van der Waals surface area (Å²) in [5, 5.41) is 10.1. The van der Waals surface area contributed by atoms with Gasteiger partial charge in [-0.25, -0.2) is 0 Å². The molecular formula is C15H18BrClO2. The molecule has 0 amide bonds. The molecule has 0 aliphatic heterocycles. The Bertz CT molecular complexity index is 461. The molecule has 1 N–H and O–H groups in total. The lowest BCUT2D eigenvalue weighted by molar-refractivity contribution is -0.143. The van der Waals surface area contributed by atoms with Crippen molar-refractivity contribution in [2.75, 3.05) is 0 Å². The lowest BCUT2D eigenvalue weighted by atomic mass is 9.83. The summed E-state index contributed by atoms with van der Waals surface area (Å²) in [5.74, 6) is -0.666. The molecule has 104 valence electrons. The van der Waals surface area contributed by atoms with E-state index in [0.717, 1.165) is 53.6 Å². The van der Waals surface area contributed by atoms with Crippen molar-refractivity contribution in [1.82, 2.24) is 0 Å². The van der Waals surface area contributed by atoms with E-state index in [0.29, 0.717) is 0 Å². The Kier molecular flexibility index (Phi) is 5.28. The molecule has 0 heterocycles. The predicted octanol–water partition coefficient (Wildman–Crippen LogP) is 4.93. The van der Waals surface area contributed by atoms with E-state index in [1.807, 2.05) is 18.2 Å². The summed E-state index contributed by atoms with van der Waals surface area (Å²) in [6.07, 6.45) is 5.86. The third-order valence-corrected chi connectivity index (χ3v) is 4.82. The third kappa shape index (κ3) is 3.96. The second-order valence-electron chi connectivity index (χ2n) is 5.28. The van der Waals surface area contributed by atoms with E-state index in [1.54, 1.807) is 0 Å². The molecular weight excluding hydrogens is 328 g/mol. The number of carboxylic acid groups (broad SMARTS) is 1. The molecule has 1 aliphatic rings. The molecule has 1 aliphatic carbocycles. The molecule has 2 unspecified atom stereocenters. The number of benzene rings is 1. The van der Waals surface area contributed by atoms with Crippen molar-refractivity contribution in [3.05, 3.63) is 33.3 Å². The molecule has 1 aromatic rings. The Morgan fingerprint density at radius 3 is 2.74 bits per heavy atom. The van der Waals surface area contributed by atoms with Crippen molar-refractivity contribution in [2.24, 2.45) is 11.8 Å². The zero-order chi connectivity index (χ0) is 13.8. The molecule has 0 spiro atoms. The van der Waals surface area contributed by atoms with Crippen molar-refractivity contribution in [3.8, 4) is 0 Å². The predicted molar refractivity (Wildman–Crippen MR) is 80.6 cm³/mol. The van der Waals surface area contributed by atoms with Gasteiger partial charge < -0.3 is 5.11 Å². The maximum atomic E-state index is 11.4. The summed E-state index contributed by atoms with van der Waals surface area (Å²) in [6, 6.07) is 5.84. The molecule has 0 saturated heterocycles. The van der Waals surface area contributed by atoms with Gasteiger partial charge in [0.25, 0.3) is 0 Å². The Balaban J connectivity index is 2.16. The third-order valence-electron chi connectivity index (χ3n) is 3.97. The minimum atomic E-state index is -0.653. The number of halogens is 2. The summed E-state index contributed by atoms with van der Waals surface area (Å²) in [7, 11) is 0. The first-order valence-electron chi connectivity index (χ1n) is 6.74. The number of hydrogen-bond acceptors (Lipinski definition) is 1. The zero-order valence-electron chi connectivity index (χ0n) is 10.7. The number of carbonyl (C=O) groups is 1. The average molecular weight is 346 g/mol. The SMILES string of the molecule is O=C(O)C1CCCCCC1Cc1ccc(Br)cc1Cl. The molecule has 0 aromatic heterocycles. The smallest absolute Gasteiger partial charge is 0.306 e. The van der Waals surface area contributed by atoms with Crippen LogP contribution in [0.1, 0.15) is 37.7 Å². The van der Waals surface area contributed by atoms with E-state index in [1.165, 1.54) is 0 Å². The van der Waals surface area contributed by atoms with E-state index in [-0.39, 0.29) is 11.8 Å². The van der Waals surface area contributed by atoms with Gasteiger partial charge in [-0.2, -0.15) is 0 Å². The van der Waals surface area contributed by atoms with Gasteiger partial charge in [-0.3, -0.25) is 4.79 Å². The van der Waals surface area contributed by atoms with Crippen molar-refractivity contribution < 1.29 is 9.90 Å². The Labute approximate surface area is 127 Å². The quantitative estimate of drug-likeness (QED) is 0.789. The van der Waals surface area contributed by atoms with E-state index >= 15 is 0 Å². The van der Waals surface area contributed by atoms with Crippen LogP contribution in [0.5, 0.6) is 0 Å². The molecule has 0 radical (unpaired) electrons. The van der Waals surface area contributed by atoms with Crippen LogP contribution in [-0.2, 0) is 11.2 Å². The molecule has 1 saturated carbocycles. The topological polar surface area (TPSA) is 37.3 Å². The Morgan fingerprint density at radius 2 is 2.05 bits per heavy atom. The number of aliphatic carboxylic acids is 1. The lowest BCUT2D eigenvalue weighted by Gasteiger charge is -2.22. The van der Waals surface area contributed by atoms with E-state index in [9.17, 15) is 9.90 Å². The molecule has 2 nitrogen and oxygen atoms in total. The number of rotatable bonds is 3. The van der Waals surface area contributed by atoms with Gasteiger partial charge in [0.15, 0.2) is 0 Å². The molecule has 19 heavy (non-hydrogen) atoms. The van der Waals surface area contributed by atoms with Crippen LogP contribution >= 0.6 is 27.5 Å². The molecule has 4 heteroatoms. The van der Waals surface area contributed by atoms with Crippen LogP contribution in [0.25, 0.3) is 0 Å². The zero-order valence-corrected chi connectivity index (χ0v) is 13.1. The number of hydrogen-bond donors (Lipinski definition) is 1. The van der Waals surface area contributed by atoms with Crippen molar-refractivity contribution >= 4 is 33.5 Å². The summed E-state index contributed by atoms with van der Waals surface area (Å²) in [4.78, 5) is 11.4. The van der Waals surface area contributed by atoms with Crippen LogP contribution in [0.2, 0.25) is 5.02 Å². The van der Waals surface area contributed by atoms with Crippen molar-refractivity contribution in [3.63, 3.8) is 0 Å². The highest BCUT2D eigenvalue weighted by molar-refractivity contribution is 9.10. The van der Waals surface area contributed by atoms with Crippen LogP contribution in [0.4, 0.5) is 0 Å². The monoisotopic (exact) mass is 344 g/mol. The van der Waals surface area contributed by atoms with Crippen molar-refractivity contribution in [2.45, 2.75) is 38.5 Å². The first-order chi connectivity index (χ1) is 9.08.